The molecule has 2 rings (SSSR count). The molecule has 0 heterocycles. The predicted molar refractivity (Wildman–Crippen MR) is 95.2 cm³/mol. The van der Waals surface area contributed by atoms with Crippen molar-refractivity contribution in [3.8, 4) is 11.5 Å². The molecule has 1 atom stereocenters. The average molecular weight is 386 g/mol. The van der Waals surface area contributed by atoms with Crippen LogP contribution in [0.25, 0.3) is 0 Å². The lowest BCUT2D eigenvalue weighted by atomic mass is 10.2. The van der Waals surface area contributed by atoms with Gasteiger partial charge in [0, 0.05) is 5.56 Å². The summed E-state index contributed by atoms with van der Waals surface area (Å²) in [6.07, 6.45) is 0. The number of halogens is 3. The van der Waals surface area contributed by atoms with Crippen molar-refractivity contribution in [1.29, 1.82) is 0 Å². The Morgan fingerprint density at radius 3 is 2.62 bits per heavy atom. The summed E-state index contributed by atoms with van der Waals surface area (Å²) >= 11 is 6.02. The molecule has 8 heteroatoms. The number of para-hydroxylation sites is 1. The average Bonchev–Trinajstić information content (AvgIpc) is 2.57. The molecule has 5 nitrogen and oxygen atoms in total. The summed E-state index contributed by atoms with van der Waals surface area (Å²) < 4.78 is 34.2. The van der Waals surface area contributed by atoms with Gasteiger partial charge in [0.2, 0.25) is 0 Å². The molecule has 0 saturated heterocycles. The first-order valence-corrected chi connectivity index (χ1v) is 8.24. The number of hydrogen-bond donors (Lipinski definition) is 2. The zero-order valence-electron chi connectivity index (χ0n) is 14.4. The molecule has 0 aliphatic carbocycles. The Hall–Kier alpha value is -2.38. The van der Waals surface area contributed by atoms with Crippen molar-refractivity contribution in [3.05, 3.63) is 53.1 Å². The molecule has 0 radical (unpaired) electrons. The number of quaternary nitrogens is 1. The van der Waals surface area contributed by atoms with Crippen molar-refractivity contribution in [2.75, 3.05) is 26.0 Å². The Morgan fingerprint density at radius 2 is 1.96 bits per heavy atom. The summed E-state index contributed by atoms with van der Waals surface area (Å²) in [5.41, 5.74) is 1.38. The number of rotatable bonds is 8. The zero-order valence-corrected chi connectivity index (χ0v) is 15.1. The van der Waals surface area contributed by atoms with Gasteiger partial charge in [0.25, 0.3) is 5.91 Å². The quantitative estimate of drug-likeness (QED) is 0.734. The van der Waals surface area contributed by atoms with E-state index in [2.05, 4.69) is 10.1 Å². The fourth-order valence-corrected chi connectivity index (χ4v) is 2.64. The Kier molecular flexibility index (Phi) is 7.17. The number of anilines is 1. The van der Waals surface area contributed by atoms with Crippen molar-refractivity contribution in [2.45, 2.75) is 13.2 Å². The molecule has 26 heavy (non-hydrogen) atoms. The van der Waals surface area contributed by atoms with Crippen molar-refractivity contribution >= 4 is 23.2 Å². The van der Waals surface area contributed by atoms with E-state index in [4.69, 9.17) is 16.3 Å². The van der Waals surface area contributed by atoms with E-state index in [1.165, 1.54) is 13.2 Å². The number of nitrogens with one attached hydrogen (secondary N) is 2. The number of hydrogen-bond acceptors (Lipinski definition) is 3. The molecular formula is C18H20ClF2N2O3+. The van der Waals surface area contributed by atoms with Crippen LogP contribution in [-0.2, 0) is 11.3 Å². The topological polar surface area (TPSA) is 52.0 Å². The number of ether oxygens (including phenoxy) is 2. The van der Waals surface area contributed by atoms with Gasteiger partial charge >= 0.3 is 6.61 Å². The highest BCUT2D eigenvalue weighted by molar-refractivity contribution is 6.33. The molecule has 0 aliphatic heterocycles. The van der Waals surface area contributed by atoms with Gasteiger partial charge < -0.3 is 19.7 Å². The van der Waals surface area contributed by atoms with Crippen LogP contribution < -0.4 is 19.7 Å². The Morgan fingerprint density at radius 1 is 1.23 bits per heavy atom. The van der Waals surface area contributed by atoms with Crippen molar-refractivity contribution in [1.82, 2.24) is 0 Å². The van der Waals surface area contributed by atoms with E-state index in [0.717, 1.165) is 10.5 Å². The van der Waals surface area contributed by atoms with Crippen LogP contribution in [-0.4, -0.2) is 33.2 Å². The first kappa shape index (κ1) is 19.9. The predicted octanol–water partition coefficient (Wildman–Crippen LogP) is 2.60. The third-order valence-corrected chi connectivity index (χ3v) is 3.89. The Labute approximate surface area is 155 Å². The summed E-state index contributed by atoms with van der Waals surface area (Å²) in [4.78, 5) is 13.0. The van der Waals surface area contributed by atoms with Crippen LogP contribution in [0.1, 0.15) is 5.56 Å². The molecule has 0 aromatic heterocycles. The van der Waals surface area contributed by atoms with E-state index < -0.39 is 6.61 Å². The summed E-state index contributed by atoms with van der Waals surface area (Å²) in [6.45, 7) is -2.21. The molecule has 2 aromatic rings. The minimum absolute atomic E-state index is 0.0274. The highest BCUT2D eigenvalue weighted by Crippen LogP contribution is 2.29. The van der Waals surface area contributed by atoms with Gasteiger partial charge in [0.05, 0.1) is 24.9 Å². The zero-order chi connectivity index (χ0) is 19.1. The van der Waals surface area contributed by atoms with Crippen LogP contribution in [0.5, 0.6) is 11.5 Å². The van der Waals surface area contributed by atoms with Crippen LogP contribution in [0.15, 0.2) is 42.5 Å². The van der Waals surface area contributed by atoms with Crippen LogP contribution in [0.2, 0.25) is 5.02 Å². The second-order valence-electron chi connectivity index (χ2n) is 5.70. The number of amides is 1. The summed E-state index contributed by atoms with van der Waals surface area (Å²) in [6, 6.07) is 11.7. The molecule has 0 saturated carbocycles. The summed E-state index contributed by atoms with van der Waals surface area (Å²) in [7, 11) is 3.23. The number of carbonyl (C=O) groups is 1. The van der Waals surface area contributed by atoms with E-state index in [1.54, 1.807) is 36.4 Å². The SMILES string of the molecule is COc1cc(C[NH+](C)CC(=O)Nc2ccccc2Cl)ccc1OC(F)F. The third kappa shape index (κ3) is 5.86. The first-order valence-electron chi connectivity index (χ1n) is 7.86. The van der Waals surface area contributed by atoms with Gasteiger partial charge in [-0.3, -0.25) is 4.79 Å². The number of carbonyl (C=O) groups excluding carboxylic acids is 1. The van der Waals surface area contributed by atoms with Crippen LogP contribution in [0.3, 0.4) is 0 Å². The lowest BCUT2D eigenvalue weighted by Crippen LogP contribution is -3.08. The molecule has 0 aliphatic rings. The van der Waals surface area contributed by atoms with Gasteiger partial charge in [-0.05, 0) is 30.3 Å². The maximum atomic E-state index is 12.4. The fourth-order valence-electron chi connectivity index (χ4n) is 2.46. The second-order valence-corrected chi connectivity index (χ2v) is 6.11. The van der Waals surface area contributed by atoms with Crippen LogP contribution >= 0.6 is 11.6 Å². The Balaban J connectivity index is 1.95. The highest BCUT2D eigenvalue weighted by Gasteiger charge is 2.15. The molecule has 0 spiro atoms. The van der Waals surface area contributed by atoms with Gasteiger partial charge in [0.15, 0.2) is 18.0 Å². The van der Waals surface area contributed by atoms with E-state index in [1.807, 2.05) is 7.05 Å². The molecule has 2 aromatic carbocycles. The molecule has 1 unspecified atom stereocenters. The number of alkyl halides is 2. The molecule has 140 valence electrons. The summed E-state index contributed by atoms with van der Waals surface area (Å²) in [5.74, 6) is 0.0108. The fraction of sp³-hybridized carbons (Fsp3) is 0.278. The minimum Gasteiger partial charge on any atom is -0.493 e. The number of likely N-dealkylation sites (N-methyl/N-ethyl adjacent to an activating group) is 1. The molecule has 0 bridgehead atoms. The third-order valence-electron chi connectivity index (χ3n) is 3.56. The maximum absolute atomic E-state index is 12.4. The number of benzene rings is 2. The molecule has 2 N–H and O–H groups in total. The van der Waals surface area contributed by atoms with Gasteiger partial charge in [-0.25, -0.2) is 0 Å². The van der Waals surface area contributed by atoms with Gasteiger partial charge in [-0.15, -0.1) is 0 Å². The van der Waals surface area contributed by atoms with E-state index in [9.17, 15) is 13.6 Å². The van der Waals surface area contributed by atoms with Gasteiger partial charge in [-0.1, -0.05) is 23.7 Å². The summed E-state index contributed by atoms with van der Waals surface area (Å²) in [5, 5.41) is 3.23. The highest BCUT2D eigenvalue weighted by atomic mass is 35.5. The minimum atomic E-state index is -2.92. The lowest BCUT2D eigenvalue weighted by Gasteiger charge is -2.16. The van der Waals surface area contributed by atoms with Crippen molar-refractivity contribution in [3.63, 3.8) is 0 Å². The Bertz CT molecular complexity index is 759. The smallest absolute Gasteiger partial charge is 0.387 e. The largest absolute Gasteiger partial charge is 0.493 e. The normalized spacial score (nSPS) is 11.9. The van der Waals surface area contributed by atoms with Gasteiger partial charge in [0.1, 0.15) is 6.54 Å². The monoisotopic (exact) mass is 385 g/mol. The van der Waals surface area contributed by atoms with E-state index in [-0.39, 0.29) is 24.0 Å². The first-order chi connectivity index (χ1) is 12.4. The molecular weight excluding hydrogens is 366 g/mol. The van der Waals surface area contributed by atoms with Crippen molar-refractivity contribution in [2.24, 2.45) is 0 Å². The maximum Gasteiger partial charge on any atom is 0.387 e. The standard InChI is InChI=1S/C18H19ClF2N2O3/c1-23(11-17(24)22-14-6-4-3-5-13(14)19)10-12-7-8-15(26-18(20)21)16(9-12)25-2/h3-9,18H,10-11H2,1-2H3,(H,22,24)/p+1. The van der Waals surface area contributed by atoms with Gasteiger partial charge in [-0.2, -0.15) is 8.78 Å². The van der Waals surface area contributed by atoms with Crippen LogP contribution in [0.4, 0.5) is 14.5 Å². The lowest BCUT2D eigenvalue weighted by molar-refractivity contribution is -0.885. The van der Waals surface area contributed by atoms with Crippen LogP contribution in [0, 0.1) is 0 Å². The van der Waals surface area contributed by atoms with E-state index >= 15 is 0 Å². The second kappa shape index (κ2) is 9.35. The van der Waals surface area contributed by atoms with E-state index in [0.29, 0.717) is 17.3 Å². The van der Waals surface area contributed by atoms with Crippen molar-refractivity contribution < 1.29 is 27.9 Å². The molecule has 1 amide bonds. The molecule has 0 fully saturated rings. The number of methoxy groups -OCH3 is 1.